The lowest BCUT2D eigenvalue weighted by Gasteiger charge is -2.11. The number of rotatable bonds is 6. The lowest BCUT2D eigenvalue weighted by molar-refractivity contribution is -0.119. The van der Waals surface area contributed by atoms with E-state index in [1.165, 1.54) is 0 Å². The summed E-state index contributed by atoms with van der Waals surface area (Å²) < 4.78 is 44.8. The predicted molar refractivity (Wildman–Crippen MR) is 101 cm³/mol. The minimum atomic E-state index is -1.70. The van der Waals surface area contributed by atoms with Crippen LogP contribution in [0.5, 0.6) is 0 Å². The number of amides is 1. The van der Waals surface area contributed by atoms with Crippen molar-refractivity contribution in [2.45, 2.75) is 6.42 Å². The van der Waals surface area contributed by atoms with Crippen LogP contribution < -0.4 is 5.32 Å². The number of carbonyl (C=O) groups is 2. The molecule has 0 aliphatic carbocycles. The molecule has 3 aromatic rings. The van der Waals surface area contributed by atoms with Crippen LogP contribution in [0.2, 0.25) is 0 Å². The largest absolute Gasteiger partial charge is 0.452 e. The highest BCUT2D eigenvalue weighted by Crippen LogP contribution is 2.20. The molecule has 0 aliphatic rings. The summed E-state index contributed by atoms with van der Waals surface area (Å²) in [6, 6.07) is 17.9. The Hall–Kier alpha value is -3.61. The first-order valence-corrected chi connectivity index (χ1v) is 8.68. The molecule has 0 aliphatic heterocycles. The second-order valence-corrected chi connectivity index (χ2v) is 6.17. The first-order chi connectivity index (χ1) is 14.0. The normalized spacial score (nSPS) is 10.4. The fourth-order valence-corrected chi connectivity index (χ4v) is 2.71. The van der Waals surface area contributed by atoms with E-state index in [2.05, 4.69) is 0 Å². The molecule has 0 radical (unpaired) electrons. The Bertz CT molecular complexity index is 1040. The molecule has 0 bridgehead atoms. The summed E-state index contributed by atoms with van der Waals surface area (Å²) in [5.41, 5.74) is 1.47. The van der Waals surface area contributed by atoms with Crippen LogP contribution in [0.25, 0.3) is 0 Å². The van der Waals surface area contributed by atoms with Crippen molar-refractivity contribution in [3.8, 4) is 0 Å². The van der Waals surface area contributed by atoms with Crippen molar-refractivity contribution < 1.29 is 27.5 Å². The van der Waals surface area contributed by atoms with Gasteiger partial charge in [0, 0.05) is 0 Å². The molecule has 148 valence electrons. The van der Waals surface area contributed by atoms with Gasteiger partial charge in [-0.2, -0.15) is 0 Å². The molecule has 0 saturated heterocycles. The van der Waals surface area contributed by atoms with Crippen molar-refractivity contribution in [3.63, 3.8) is 0 Å². The van der Waals surface area contributed by atoms with Gasteiger partial charge in [0.1, 0.15) is 0 Å². The van der Waals surface area contributed by atoms with Crippen molar-refractivity contribution in [2.75, 3.05) is 11.9 Å². The van der Waals surface area contributed by atoms with E-state index in [0.29, 0.717) is 18.1 Å². The molecule has 0 unspecified atom stereocenters. The number of hydrogen-bond acceptors (Lipinski definition) is 3. The molecule has 7 heteroatoms. The maximum Gasteiger partial charge on any atom is 0.338 e. The van der Waals surface area contributed by atoms with Crippen LogP contribution in [0.4, 0.5) is 18.9 Å². The third kappa shape index (κ3) is 5.01. The SMILES string of the molecule is O=C(COC(=O)c1ccccc1Cc1ccccc1)Nc1ccc(F)c(F)c1F. The van der Waals surface area contributed by atoms with E-state index in [-0.39, 0.29) is 0 Å². The van der Waals surface area contributed by atoms with Gasteiger partial charge in [-0.05, 0) is 35.7 Å². The first kappa shape index (κ1) is 20.1. The number of benzene rings is 3. The molecule has 0 saturated carbocycles. The van der Waals surface area contributed by atoms with Gasteiger partial charge in [-0.15, -0.1) is 0 Å². The highest BCUT2D eigenvalue weighted by atomic mass is 19.2. The number of halogens is 3. The summed E-state index contributed by atoms with van der Waals surface area (Å²) in [6.45, 7) is -0.711. The zero-order valence-corrected chi connectivity index (χ0v) is 15.1. The number of carbonyl (C=O) groups excluding carboxylic acids is 2. The summed E-state index contributed by atoms with van der Waals surface area (Å²) in [5, 5.41) is 2.04. The van der Waals surface area contributed by atoms with Crippen LogP contribution in [0.1, 0.15) is 21.5 Å². The van der Waals surface area contributed by atoms with Crippen LogP contribution in [0.15, 0.2) is 66.7 Å². The van der Waals surface area contributed by atoms with Gasteiger partial charge < -0.3 is 10.1 Å². The van der Waals surface area contributed by atoms with E-state index >= 15 is 0 Å². The van der Waals surface area contributed by atoms with Crippen LogP contribution in [-0.4, -0.2) is 18.5 Å². The number of ether oxygens (including phenoxy) is 1. The Kier molecular flexibility index (Phi) is 6.29. The quantitative estimate of drug-likeness (QED) is 0.491. The van der Waals surface area contributed by atoms with E-state index in [1.807, 2.05) is 35.6 Å². The fraction of sp³-hybridized carbons (Fsp3) is 0.0909. The third-order valence-corrected chi connectivity index (χ3v) is 4.12. The van der Waals surface area contributed by atoms with Crippen molar-refractivity contribution >= 4 is 17.6 Å². The number of hydrogen-bond donors (Lipinski definition) is 1. The van der Waals surface area contributed by atoms with Gasteiger partial charge in [0.15, 0.2) is 24.1 Å². The van der Waals surface area contributed by atoms with Gasteiger partial charge in [-0.3, -0.25) is 4.79 Å². The van der Waals surface area contributed by atoms with E-state index in [1.54, 1.807) is 24.3 Å². The summed E-state index contributed by atoms with van der Waals surface area (Å²) in [7, 11) is 0. The molecule has 29 heavy (non-hydrogen) atoms. The Morgan fingerprint density at radius 1 is 0.828 bits per heavy atom. The summed E-state index contributed by atoms with van der Waals surface area (Å²) in [5.74, 6) is -6.21. The Morgan fingerprint density at radius 3 is 2.28 bits per heavy atom. The highest BCUT2D eigenvalue weighted by Gasteiger charge is 2.17. The summed E-state index contributed by atoms with van der Waals surface area (Å²) >= 11 is 0. The maximum atomic E-state index is 13.6. The van der Waals surface area contributed by atoms with Crippen LogP contribution in [0.3, 0.4) is 0 Å². The van der Waals surface area contributed by atoms with Crippen LogP contribution >= 0.6 is 0 Å². The molecule has 0 atom stereocenters. The molecule has 0 heterocycles. The monoisotopic (exact) mass is 399 g/mol. The minimum absolute atomic E-state index is 0.295. The molecular formula is C22H16F3NO3. The van der Waals surface area contributed by atoms with Gasteiger partial charge in [0.2, 0.25) is 0 Å². The fourth-order valence-electron chi connectivity index (χ4n) is 2.71. The zero-order chi connectivity index (χ0) is 20.8. The van der Waals surface area contributed by atoms with E-state index in [0.717, 1.165) is 17.2 Å². The smallest absolute Gasteiger partial charge is 0.338 e. The van der Waals surface area contributed by atoms with E-state index in [4.69, 9.17) is 4.74 Å². The van der Waals surface area contributed by atoms with Crippen LogP contribution in [-0.2, 0) is 16.0 Å². The van der Waals surface area contributed by atoms with Gasteiger partial charge >= 0.3 is 5.97 Å². The summed E-state index contributed by atoms with van der Waals surface area (Å²) in [4.78, 5) is 24.3. The van der Waals surface area contributed by atoms with Crippen molar-refractivity contribution in [3.05, 3.63) is 101 Å². The average molecular weight is 399 g/mol. The molecule has 0 aromatic heterocycles. The first-order valence-electron chi connectivity index (χ1n) is 8.68. The Balaban J connectivity index is 1.64. The molecule has 3 rings (SSSR count). The van der Waals surface area contributed by atoms with Gasteiger partial charge in [-0.25, -0.2) is 18.0 Å². The molecule has 4 nitrogen and oxygen atoms in total. The van der Waals surface area contributed by atoms with Crippen molar-refractivity contribution in [1.82, 2.24) is 0 Å². The van der Waals surface area contributed by atoms with Gasteiger partial charge in [-0.1, -0.05) is 48.5 Å². The predicted octanol–water partition coefficient (Wildman–Crippen LogP) is 4.49. The Morgan fingerprint density at radius 2 is 1.52 bits per heavy atom. The van der Waals surface area contributed by atoms with Crippen molar-refractivity contribution in [1.29, 1.82) is 0 Å². The molecule has 0 spiro atoms. The van der Waals surface area contributed by atoms with Gasteiger partial charge in [0.25, 0.3) is 5.91 Å². The zero-order valence-electron chi connectivity index (χ0n) is 15.1. The Labute approximate surface area is 164 Å². The molecular weight excluding hydrogens is 383 g/mol. The van der Waals surface area contributed by atoms with E-state index < -0.39 is 41.6 Å². The molecule has 0 fully saturated rings. The average Bonchev–Trinajstić information content (AvgIpc) is 2.73. The second-order valence-electron chi connectivity index (χ2n) is 6.17. The van der Waals surface area contributed by atoms with Crippen LogP contribution in [0, 0.1) is 17.5 Å². The third-order valence-electron chi connectivity index (χ3n) is 4.12. The topological polar surface area (TPSA) is 55.4 Å². The number of esters is 1. The summed E-state index contributed by atoms with van der Waals surface area (Å²) in [6.07, 6.45) is 0.498. The molecule has 1 amide bonds. The highest BCUT2D eigenvalue weighted by molar-refractivity contribution is 5.96. The second kappa shape index (κ2) is 9.05. The standard InChI is InChI=1S/C22H16F3NO3/c23-17-10-11-18(21(25)20(17)24)26-19(27)13-29-22(28)16-9-5-4-8-15(16)12-14-6-2-1-3-7-14/h1-11H,12-13H2,(H,26,27). The minimum Gasteiger partial charge on any atom is -0.452 e. The maximum absolute atomic E-state index is 13.6. The lowest BCUT2D eigenvalue weighted by Crippen LogP contribution is -2.22. The molecule has 1 N–H and O–H groups in total. The molecule has 3 aromatic carbocycles. The van der Waals surface area contributed by atoms with Gasteiger partial charge in [0.05, 0.1) is 11.3 Å². The van der Waals surface area contributed by atoms with Crippen molar-refractivity contribution in [2.24, 2.45) is 0 Å². The lowest BCUT2D eigenvalue weighted by atomic mass is 10.00. The van der Waals surface area contributed by atoms with E-state index in [9.17, 15) is 22.8 Å². The number of anilines is 1. The number of nitrogens with one attached hydrogen (secondary N) is 1.